The zero-order valence-corrected chi connectivity index (χ0v) is 13.5. The summed E-state index contributed by atoms with van der Waals surface area (Å²) in [7, 11) is 1.81. The van der Waals surface area contributed by atoms with Gasteiger partial charge >= 0.3 is 0 Å². The molecule has 2 heterocycles. The minimum Gasteiger partial charge on any atom is -0.332 e. The second-order valence-corrected chi connectivity index (χ2v) is 5.94. The monoisotopic (exact) mass is 342 g/mol. The van der Waals surface area contributed by atoms with Gasteiger partial charge in [-0.15, -0.1) is 16.4 Å². The number of hydrogen-bond donors (Lipinski definition) is 0. The first kappa shape index (κ1) is 14.2. The fourth-order valence-corrected chi connectivity index (χ4v) is 3.33. The number of halogens is 1. The van der Waals surface area contributed by atoms with Crippen molar-refractivity contribution >= 4 is 33.2 Å². The van der Waals surface area contributed by atoms with Crippen LogP contribution in [0.2, 0.25) is 0 Å². The molecule has 0 bridgehead atoms. The van der Waals surface area contributed by atoms with Crippen LogP contribution in [0, 0.1) is 6.92 Å². The molecule has 0 aliphatic rings. The van der Waals surface area contributed by atoms with Crippen LogP contribution in [0.15, 0.2) is 16.0 Å². The van der Waals surface area contributed by atoms with E-state index in [1.165, 1.54) is 11.3 Å². The summed E-state index contributed by atoms with van der Waals surface area (Å²) < 4.78 is 2.53. The highest BCUT2D eigenvalue weighted by molar-refractivity contribution is 9.10. The van der Waals surface area contributed by atoms with Crippen molar-refractivity contribution in [2.75, 3.05) is 6.54 Å². The van der Waals surface area contributed by atoms with Gasteiger partial charge in [-0.1, -0.05) is 5.21 Å². The molecule has 0 N–H and O–H groups in total. The van der Waals surface area contributed by atoms with Gasteiger partial charge in [-0.05, 0) is 40.7 Å². The lowest BCUT2D eigenvalue weighted by molar-refractivity contribution is 0.0754. The Bertz CT molecular complexity index is 592. The van der Waals surface area contributed by atoms with Gasteiger partial charge in [-0.25, -0.2) is 0 Å². The predicted molar refractivity (Wildman–Crippen MR) is 78.2 cm³/mol. The van der Waals surface area contributed by atoms with Gasteiger partial charge in [0.2, 0.25) is 0 Å². The smallest absolute Gasteiger partial charge is 0.265 e. The zero-order chi connectivity index (χ0) is 14.0. The average Bonchev–Trinajstić information content (AvgIpc) is 2.94. The molecule has 19 heavy (non-hydrogen) atoms. The van der Waals surface area contributed by atoms with Gasteiger partial charge < -0.3 is 4.90 Å². The number of rotatable bonds is 4. The van der Waals surface area contributed by atoms with Gasteiger partial charge in [0, 0.05) is 24.3 Å². The lowest BCUT2D eigenvalue weighted by Gasteiger charge is -2.19. The molecule has 0 saturated heterocycles. The van der Waals surface area contributed by atoms with E-state index in [-0.39, 0.29) is 5.91 Å². The SMILES string of the molecule is CCN(Cc1cn(C)nn1)C(=O)c1scc(C)c1Br. The molecule has 5 nitrogen and oxygen atoms in total. The van der Waals surface area contributed by atoms with E-state index in [1.807, 2.05) is 32.5 Å². The molecule has 2 rings (SSSR count). The lowest BCUT2D eigenvalue weighted by Crippen LogP contribution is -2.30. The number of carbonyl (C=O) groups excluding carboxylic acids is 1. The largest absolute Gasteiger partial charge is 0.332 e. The molecule has 0 saturated carbocycles. The first-order chi connectivity index (χ1) is 9.02. The highest BCUT2D eigenvalue weighted by Crippen LogP contribution is 2.29. The van der Waals surface area contributed by atoms with E-state index in [4.69, 9.17) is 0 Å². The maximum Gasteiger partial charge on any atom is 0.265 e. The second-order valence-electron chi connectivity index (χ2n) is 4.26. The van der Waals surface area contributed by atoms with Gasteiger partial charge in [-0.2, -0.15) is 0 Å². The molecular weight excluding hydrogens is 328 g/mol. The summed E-state index contributed by atoms with van der Waals surface area (Å²) in [6.45, 7) is 5.06. The molecule has 2 aromatic rings. The summed E-state index contributed by atoms with van der Waals surface area (Å²) in [6, 6.07) is 0. The van der Waals surface area contributed by atoms with Crippen LogP contribution in [0.3, 0.4) is 0 Å². The molecule has 2 aromatic heterocycles. The predicted octanol–water partition coefficient (Wildman–Crippen LogP) is 2.61. The van der Waals surface area contributed by atoms with Crippen molar-refractivity contribution in [1.82, 2.24) is 19.9 Å². The van der Waals surface area contributed by atoms with Crippen molar-refractivity contribution in [2.24, 2.45) is 7.05 Å². The van der Waals surface area contributed by atoms with Gasteiger partial charge in [0.1, 0.15) is 10.6 Å². The molecule has 0 aliphatic heterocycles. The van der Waals surface area contributed by atoms with Gasteiger partial charge in [-0.3, -0.25) is 9.48 Å². The molecule has 0 spiro atoms. The molecule has 7 heteroatoms. The van der Waals surface area contributed by atoms with Crippen molar-refractivity contribution in [3.05, 3.63) is 32.2 Å². The van der Waals surface area contributed by atoms with Crippen molar-refractivity contribution in [3.8, 4) is 0 Å². The molecule has 1 amide bonds. The summed E-state index contributed by atoms with van der Waals surface area (Å²) in [5, 5.41) is 9.88. The number of nitrogens with zero attached hydrogens (tertiary/aromatic N) is 4. The summed E-state index contributed by atoms with van der Waals surface area (Å²) in [5.74, 6) is 0.0260. The highest BCUT2D eigenvalue weighted by Gasteiger charge is 2.20. The van der Waals surface area contributed by atoms with Gasteiger partial charge in [0.05, 0.1) is 6.54 Å². The van der Waals surface area contributed by atoms with Crippen LogP contribution in [0.4, 0.5) is 0 Å². The lowest BCUT2D eigenvalue weighted by atomic mass is 10.3. The summed E-state index contributed by atoms with van der Waals surface area (Å²) in [6.07, 6.45) is 1.82. The Balaban J connectivity index is 2.17. The van der Waals surface area contributed by atoms with E-state index < -0.39 is 0 Å². The van der Waals surface area contributed by atoms with Crippen LogP contribution in [-0.4, -0.2) is 32.3 Å². The van der Waals surface area contributed by atoms with Crippen LogP contribution in [0.5, 0.6) is 0 Å². The fraction of sp³-hybridized carbons (Fsp3) is 0.417. The summed E-state index contributed by atoms with van der Waals surface area (Å²) in [4.78, 5) is 15.0. The van der Waals surface area contributed by atoms with Gasteiger partial charge in [0.25, 0.3) is 5.91 Å². The Morgan fingerprint density at radius 2 is 2.32 bits per heavy atom. The van der Waals surface area contributed by atoms with E-state index in [0.717, 1.165) is 20.6 Å². The highest BCUT2D eigenvalue weighted by atomic mass is 79.9. The summed E-state index contributed by atoms with van der Waals surface area (Å²) in [5.41, 5.74) is 1.88. The van der Waals surface area contributed by atoms with Crippen molar-refractivity contribution in [2.45, 2.75) is 20.4 Å². The maximum absolute atomic E-state index is 12.5. The third-order valence-corrected chi connectivity index (χ3v) is 5.14. The number of aromatic nitrogens is 3. The van der Waals surface area contributed by atoms with E-state index in [0.29, 0.717) is 13.1 Å². The molecule has 0 unspecified atom stereocenters. The molecule has 0 fully saturated rings. The molecule has 0 radical (unpaired) electrons. The molecule has 0 aliphatic carbocycles. The first-order valence-electron chi connectivity index (χ1n) is 5.91. The number of thiophene rings is 1. The Labute approximate surface area is 124 Å². The number of carbonyl (C=O) groups is 1. The minimum atomic E-state index is 0.0260. The molecule has 0 aromatic carbocycles. The Hall–Kier alpha value is -1.21. The third-order valence-electron chi connectivity index (χ3n) is 2.77. The Morgan fingerprint density at radius 1 is 1.58 bits per heavy atom. The van der Waals surface area contributed by atoms with Gasteiger partial charge in [0.15, 0.2) is 0 Å². The molecular formula is C12H15BrN4OS. The average molecular weight is 343 g/mol. The van der Waals surface area contributed by atoms with E-state index in [1.54, 1.807) is 9.58 Å². The normalized spacial score (nSPS) is 10.7. The Morgan fingerprint density at radius 3 is 2.79 bits per heavy atom. The standard InChI is InChI=1S/C12H15BrN4OS/c1-4-17(6-9-5-16(3)15-14-9)12(18)11-10(13)8(2)7-19-11/h5,7H,4,6H2,1-3H3. The van der Waals surface area contributed by atoms with Crippen molar-refractivity contribution < 1.29 is 4.79 Å². The van der Waals surface area contributed by atoms with E-state index in [9.17, 15) is 4.79 Å². The van der Waals surface area contributed by atoms with Crippen LogP contribution in [0.25, 0.3) is 0 Å². The molecule has 0 atom stereocenters. The first-order valence-corrected chi connectivity index (χ1v) is 7.58. The fourth-order valence-electron chi connectivity index (χ4n) is 1.71. The topological polar surface area (TPSA) is 51.0 Å². The third kappa shape index (κ3) is 3.03. The van der Waals surface area contributed by atoms with Crippen molar-refractivity contribution in [1.29, 1.82) is 0 Å². The van der Waals surface area contributed by atoms with Crippen LogP contribution < -0.4 is 0 Å². The van der Waals surface area contributed by atoms with E-state index >= 15 is 0 Å². The number of amides is 1. The molecule has 102 valence electrons. The van der Waals surface area contributed by atoms with Crippen LogP contribution >= 0.6 is 27.3 Å². The van der Waals surface area contributed by atoms with Crippen molar-refractivity contribution in [3.63, 3.8) is 0 Å². The minimum absolute atomic E-state index is 0.0260. The second kappa shape index (κ2) is 5.83. The maximum atomic E-state index is 12.5. The summed E-state index contributed by atoms with van der Waals surface area (Å²) >= 11 is 4.93. The van der Waals surface area contributed by atoms with E-state index in [2.05, 4.69) is 26.2 Å². The van der Waals surface area contributed by atoms with Crippen LogP contribution in [0.1, 0.15) is 27.9 Å². The zero-order valence-electron chi connectivity index (χ0n) is 11.1. The Kier molecular flexibility index (Phi) is 4.36. The van der Waals surface area contributed by atoms with Crippen LogP contribution in [-0.2, 0) is 13.6 Å². The quantitative estimate of drug-likeness (QED) is 0.858. The number of aryl methyl sites for hydroxylation is 2. The number of hydrogen-bond acceptors (Lipinski definition) is 4.